The second-order valence-corrected chi connectivity index (χ2v) is 12.7. The number of carboxylic acid groups (broad SMARTS) is 1. The molecule has 0 radical (unpaired) electrons. The zero-order valence-electron chi connectivity index (χ0n) is 19.4. The lowest BCUT2D eigenvalue weighted by Crippen LogP contribution is -2.64. The third-order valence-corrected chi connectivity index (χ3v) is 12.3. The van der Waals surface area contributed by atoms with E-state index in [0.717, 1.165) is 32.1 Å². The molecular weight excluding hydrogens is 376 g/mol. The summed E-state index contributed by atoms with van der Waals surface area (Å²) in [6.45, 7) is 9.76. The van der Waals surface area contributed by atoms with Gasteiger partial charge in [0.15, 0.2) is 0 Å². The molecule has 0 bridgehead atoms. The zero-order chi connectivity index (χ0) is 21.7. The molecular formula is C26H42O4. The van der Waals surface area contributed by atoms with Crippen LogP contribution in [0.3, 0.4) is 0 Å². The first-order valence-corrected chi connectivity index (χ1v) is 12.6. The maximum Gasteiger partial charge on any atom is 0.303 e. The van der Waals surface area contributed by atoms with Crippen LogP contribution in [0.5, 0.6) is 0 Å². The lowest BCUT2D eigenvalue weighted by atomic mass is 9.38. The van der Waals surface area contributed by atoms with Crippen LogP contribution >= 0.6 is 0 Å². The van der Waals surface area contributed by atoms with E-state index in [1.165, 1.54) is 25.7 Å². The van der Waals surface area contributed by atoms with Crippen molar-refractivity contribution in [1.29, 1.82) is 0 Å². The molecule has 5 rings (SSSR count). The van der Waals surface area contributed by atoms with Gasteiger partial charge in [0.2, 0.25) is 0 Å². The summed E-state index contributed by atoms with van der Waals surface area (Å²) in [5.74, 6) is 1.99. The summed E-state index contributed by atoms with van der Waals surface area (Å²) in [7, 11) is 0. The summed E-state index contributed by atoms with van der Waals surface area (Å²) >= 11 is 0. The van der Waals surface area contributed by atoms with Crippen LogP contribution in [0.1, 0.15) is 91.9 Å². The standard InChI is InChI=1S/C26H42O4/c1-15-18(5-6-22(29)30)26(15)12-9-20-24(26,3)11-8-19-23(2)10-7-17(27)13-16(23)14-21(28)25(19,20)4/h15-21,27-28H,5-14H2,1-4H3,(H,29,30)/t15-,16+,17-,18-,19-,20-,21+,23+,24+,25-,26?/m1/s1. The van der Waals surface area contributed by atoms with Gasteiger partial charge in [-0.25, -0.2) is 0 Å². The molecule has 3 N–H and O–H groups in total. The van der Waals surface area contributed by atoms with Crippen LogP contribution in [-0.4, -0.2) is 33.5 Å². The Labute approximate surface area is 181 Å². The molecule has 4 heteroatoms. The summed E-state index contributed by atoms with van der Waals surface area (Å²) in [5.41, 5.74) is 0.701. The first-order chi connectivity index (χ1) is 14.0. The smallest absolute Gasteiger partial charge is 0.303 e. The number of fused-ring (bicyclic) bond motifs is 6. The van der Waals surface area contributed by atoms with Crippen LogP contribution in [0, 0.1) is 51.2 Å². The van der Waals surface area contributed by atoms with Crippen molar-refractivity contribution in [3.05, 3.63) is 0 Å². The Morgan fingerprint density at radius 2 is 1.67 bits per heavy atom. The van der Waals surface area contributed by atoms with Crippen molar-refractivity contribution in [3.63, 3.8) is 0 Å². The molecule has 5 aliphatic rings. The Morgan fingerprint density at radius 1 is 0.967 bits per heavy atom. The van der Waals surface area contributed by atoms with E-state index in [0.29, 0.717) is 41.4 Å². The highest BCUT2D eigenvalue weighted by molar-refractivity contribution is 5.66. The third kappa shape index (κ3) is 2.39. The van der Waals surface area contributed by atoms with Crippen molar-refractivity contribution in [3.8, 4) is 0 Å². The average Bonchev–Trinajstić information content (AvgIpc) is 3.11. The molecule has 11 atom stereocenters. The number of aliphatic hydroxyl groups excluding tert-OH is 2. The number of carboxylic acids is 1. The molecule has 5 fully saturated rings. The minimum absolute atomic E-state index is 0.0519. The molecule has 4 nitrogen and oxygen atoms in total. The number of rotatable bonds is 3. The fraction of sp³-hybridized carbons (Fsp3) is 0.962. The first-order valence-electron chi connectivity index (χ1n) is 12.6. The van der Waals surface area contributed by atoms with Gasteiger partial charge >= 0.3 is 5.97 Å². The topological polar surface area (TPSA) is 77.8 Å². The second-order valence-electron chi connectivity index (χ2n) is 12.7. The fourth-order valence-electron chi connectivity index (χ4n) is 10.8. The summed E-state index contributed by atoms with van der Waals surface area (Å²) < 4.78 is 0. The molecule has 30 heavy (non-hydrogen) atoms. The van der Waals surface area contributed by atoms with E-state index < -0.39 is 5.97 Å². The monoisotopic (exact) mass is 418 g/mol. The number of carbonyl (C=O) groups is 1. The van der Waals surface area contributed by atoms with Crippen LogP contribution in [0.15, 0.2) is 0 Å². The minimum Gasteiger partial charge on any atom is -0.481 e. The van der Waals surface area contributed by atoms with Crippen molar-refractivity contribution in [2.75, 3.05) is 0 Å². The van der Waals surface area contributed by atoms with Gasteiger partial charge in [-0.2, -0.15) is 0 Å². The van der Waals surface area contributed by atoms with E-state index in [4.69, 9.17) is 0 Å². The maximum atomic E-state index is 11.6. The molecule has 170 valence electrons. The molecule has 1 unspecified atom stereocenters. The molecule has 0 saturated heterocycles. The largest absolute Gasteiger partial charge is 0.481 e. The van der Waals surface area contributed by atoms with Crippen LogP contribution in [0.25, 0.3) is 0 Å². The molecule has 5 aliphatic carbocycles. The molecule has 0 amide bonds. The van der Waals surface area contributed by atoms with Crippen LogP contribution in [0.2, 0.25) is 0 Å². The highest BCUT2D eigenvalue weighted by Gasteiger charge is 2.78. The molecule has 1 spiro atoms. The normalized spacial score (nSPS) is 59.3. The number of hydrogen-bond acceptors (Lipinski definition) is 3. The van der Waals surface area contributed by atoms with Crippen LogP contribution in [0.4, 0.5) is 0 Å². The number of aliphatic carboxylic acids is 1. The van der Waals surface area contributed by atoms with Gasteiger partial charge in [0.25, 0.3) is 0 Å². The summed E-state index contributed by atoms with van der Waals surface area (Å²) in [5, 5.41) is 31.1. The molecule has 0 aromatic heterocycles. The summed E-state index contributed by atoms with van der Waals surface area (Å²) in [4.78, 5) is 11.2. The van der Waals surface area contributed by atoms with Gasteiger partial charge in [0.05, 0.1) is 12.2 Å². The lowest BCUT2D eigenvalue weighted by Gasteiger charge is -2.67. The Balaban J connectivity index is 1.47. The van der Waals surface area contributed by atoms with Gasteiger partial charge < -0.3 is 15.3 Å². The Bertz CT molecular complexity index is 737. The van der Waals surface area contributed by atoms with E-state index in [2.05, 4.69) is 27.7 Å². The Kier molecular flexibility index (Phi) is 4.58. The van der Waals surface area contributed by atoms with Crippen molar-refractivity contribution in [2.24, 2.45) is 51.2 Å². The predicted molar refractivity (Wildman–Crippen MR) is 116 cm³/mol. The first kappa shape index (κ1) is 21.2. The van der Waals surface area contributed by atoms with Gasteiger partial charge in [0.1, 0.15) is 0 Å². The maximum absolute atomic E-state index is 11.6. The van der Waals surface area contributed by atoms with E-state index >= 15 is 0 Å². The molecule has 0 aliphatic heterocycles. The summed E-state index contributed by atoms with van der Waals surface area (Å²) in [6, 6.07) is 0. The Morgan fingerprint density at radius 3 is 2.37 bits per heavy atom. The molecule has 0 aromatic carbocycles. The highest BCUT2D eigenvalue weighted by atomic mass is 16.4. The predicted octanol–water partition coefficient (Wildman–Crippen LogP) is 4.87. The number of hydrogen-bond donors (Lipinski definition) is 3. The summed E-state index contributed by atoms with van der Waals surface area (Å²) in [6.07, 6.45) is 9.18. The van der Waals surface area contributed by atoms with Gasteiger partial charge in [-0.1, -0.05) is 27.7 Å². The lowest BCUT2D eigenvalue weighted by molar-refractivity contribution is -0.226. The van der Waals surface area contributed by atoms with Gasteiger partial charge in [-0.05, 0) is 104 Å². The van der Waals surface area contributed by atoms with Crippen LogP contribution < -0.4 is 0 Å². The third-order valence-electron chi connectivity index (χ3n) is 12.3. The number of aliphatic hydroxyl groups is 2. The van der Waals surface area contributed by atoms with Crippen LogP contribution in [-0.2, 0) is 4.79 Å². The van der Waals surface area contributed by atoms with Crippen molar-refractivity contribution < 1.29 is 20.1 Å². The highest BCUT2D eigenvalue weighted by Crippen LogP contribution is 2.84. The second kappa shape index (κ2) is 6.47. The SMILES string of the molecule is C[C@@H]1[C@@H](CCC(=O)O)C12CC[C@H]1[C@@]3(C)[C@H](CC[C@@]12C)[C@@]1(C)CC[C@@H](O)C[C@H]1C[C@@H]3O. The van der Waals surface area contributed by atoms with E-state index in [-0.39, 0.29) is 28.5 Å². The van der Waals surface area contributed by atoms with E-state index in [9.17, 15) is 20.1 Å². The quantitative estimate of drug-likeness (QED) is 0.611. The molecule has 0 heterocycles. The van der Waals surface area contributed by atoms with Gasteiger partial charge in [0, 0.05) is 11.8 Å². The Hall–Kier alpha value is -0.610. The van der Waals surface area contributed by atoms with Crippen molar-refractivity contribution in [2.45, 2.75) is 104 Å². The van der Waals surface area contributed by atoms with E-state index in [1.807, 2.05) is 0 Å². The molecule has 0 aromatic rings. The van der Waals surface area contributed by atoms with Crippen molar-refractivity contribution >= 4 is 5.97 Å². The van der Waals surface area contributed by atoms with Gasteiger partial charge in [-0.15, -0.1) is 0 Å². The van der Waals surface area contributed by atoms with Gasteiger partial charge in [-0.3, -0.25) is 4.79 Å². The molecule has 5 saturated carbocycles. The average molecular weight is 419 g/mol. The minimum atomic E-state index is -0.666. The van der Waals surface area contributed by atoms with Crippen molar-refractivity contribution in [1.82, 2.24) is 0 Å². The zero-order valence-corrected chi connectivity index (χ0v) is 19.4. The van der Waals surface area contributed by atoms with E-state index in [1.54, 1.807) is 0 Å². The fourth-order valence-corrected chi connectivity index (χ4v) is 10.8.